The number of hydrogen-bond acceptors (Lipinski definition) is 1. The van der Waals surface area contributed by atoms with Crippen LogP contribution in [0.2, 0.25) is 0 Å². The lowest BCUT2D eigenvalue weighted by Crippen LogP contribution is -2.12. The van der Waals surface area contributed by atoms with Crippen molar-refractivity contribution in [2.75, 3.05) is 18.5 Å². The Morgan fingerprint density at radius 3 is 2.85 bits per heavy atom. The van der Waals surface area contributed by atoms with Crippen molar-refractivity contribution in [3.8, 4) is 0 Å². The number of aryl methyl sites for hydroxylation is 2. The normalized spacial score (nSPS) is 14.8. The molecule has 1 aliphatic heterocycles. The van der Waals surface area contributed by atoms with Gasteiger partial charge in [-0.3, -0.25) is 0 Å². The third-order valence-electron chi connectivity index (χ3n) is 3.05. The van der Waals surface area contributed by atoms with Gasteiger partial charge in [0.05, 0.1) is 0 Å². The molecule has 0 spiro atoms. The average molecular weight is 175 g/mol. The molecular weight excluding hydrogens is 158 g/mol. The monoisotopic (exact) mass is 175 g/mol. The molecule has 0 radical (unpaired) electrons. The second kappa shape index (κ2) is 3.06. The molecule has 1 nitrogen and oxygen atoms in total. The number of rotatable bonds is 1. The Labute approximate surface area is 80.4 Å². The summed E-state index contributed by atoms with van der Waals surface area (Å²) >= 11 is 0. The van der Waals surface area contributed by atoms with Gasteiger partial charge in [0.2, 0.25) is 0 Å². The molecule has 1 heterocycles. The Morgan fingerprint density at radius 2 is 2.15 bits per heavy atom. The number of hydrogen-bond donors (Lipinski definition) is 0. The van der Waals surface area contributed by atoms with Crippen LogP contribution in [0.5, 0.6) is 0 Å². The fraction of sp³-hybridized carbons (Fsp3) is 0.500. The summed E-state index contributed by atoms with van der Waals surface area (Å²) in [7, 11) is 2.18. The first-order valence-electron chi connectivity index (χ1n) is 5.06. The van der Waals surface area contributed by atoms with Crippen molar-refractivity contribution < 1.29 is 0 Å². The standard InChI is InChI=1S/C12H17N/c1-4-10-8-11-5-6-13(3)12(11)7-9(10)2/h7-8H,4-6H2,1-3H3. The highest BCUT2D eigenvalue weighted by atomic mass is 15.1. The van der Waals surface area contributed by atoms with Crippen molar-refractivity contribution in [1.82, 2.24) is 0 Å². The van der Waals surface area contributed by atoms with Crippen molar-refractivity contribution in [2.45, 2.75) is 26.7 Å². The van der Waals surface area contributed by atoms with E-state index < -0.39 is 0 Å². The van der Waals surface area contributed by atoms with E-state index in [1.54, 1.807) is 0 Å². The number of likely N-dealkylation sites (N-methyl/N-ethyl adjacent to an activating group) is 1. The van der Waals surface area contributed by atoms with E-state index in [1.807, 2.05) is 0 Å². The molecule has 0 saturated carbocycles. The summed E-state index contributed by atoms with van der Waals surface area (Å²) in [6, 6.07) is 4.72. The first-order valence-corrected chi connectivity index (χ1v) is 5.06. The van der Waals surface area contributed by atoms with Gasteiger partial charge in [-0.25, -0.2) is 0 Å². The van der Waals surface area contributed by atoms with Gasteiger partial charge in [-0.2, -0.15) is 0 Å². The van der Waals surface area contributed by atoms with Crippen LogP contribution in [0.25, 0.3) is 0 Å². The van der Waals surface area contributed by atoms with E-state index in [4.69, 9.17) is 0 Å². The average Bonchev–Trinajstić information content (AvgIpc) is 2.47. The molecule has 13 heavy (non-hydrogen) atoms. The first-order chi connectivity index (χ1) is 6.22. The predicted octanol–water partition coefficient (Wildman–Crippen LogP) is 2.55. The van der Waals surface area contributed by atoms with E-state index >= 15 is 0 Å². The summed E-state index contributed by atoms with van der Waals surface area (Å²) in [5, 5.41) is 0. The Hall–Kier alpha value is -0.980. The quantitative estimate of drug-likeness (QED) is 0.634. The molecule has 2 rings (SSSR count). The second-order valence-corrected chi connectivity index (χ2v) is 3.93. The molecule has 0 amide bonds. The lowest BCUT2D eigenvalue weighted by atomic mass is 10.0. The second-order valence-electron chi connectivity index (χ2n) is 3.93. The van der Waals surface area contributed by atoms with Gasteiger partial charge in [0.1, 0.15) is 0 Å². The summed E-state index contributed by atoms with van der Waals surface area (Å²) in [5.41, 5.74) is 5.92. The minimum absolute atomic E-state index is 1.16. The fourth-order valence-corrected chi connectivity index (χ4v) is 2.13. The molecular formula is C12H17N. The van der Waals surface area contributed by atoms with Crippen molar-refractivity contribution in [3.63, 3.8) is 0 Å². The van der Waals surface area contributed by atoms with Crippen LogP contribution in [0.15, 0.2) is 12.1 Å². The molecule has 0 atom stereocenters. The fourth-order valence-electron chi connectivity index (χ4n) is 2.13. The molecule has 0 bridgehead atoms. The molecule has 1 heteroatoms. The summed E-state index contributed by atoms with van der Waals surface area (Å²) in [5.74, 6) is 0. The highest BCUT2D eigenvalue weighted by Crippen LogP contribution is 2.29. The largest absolute Gasteiger partial charge is 0.374 e. The van der Waals surface area contributed by atoms with Crippen LogP contribution in [0.3, 0.4) is 0 Å². The summed E-state index contributed by atoms with van der Waals surface area (Å²) in [4.78, 5) is 2.35. The van der Waals surface area contributed by atoms with Crippen LogP contribution >= 0.6 is 0 Å². The van der Waals surface area contributed by atoms with E-state index in [0.717, 1.165) is 6.42 Å². The molecule has 70 valence electrons. The van der Waals surface area contributed by atoms with Crippen molar-refractivity contribution in [3.05, 3.63) is 28.8 Å². The first kappa shape index (κ1) is 8.61. The molecule has 0 N–H and O–H groups in total. The van der Waals surface area contributed by atoms with Crippen molar-refractivity contribution in [1.29, 1.82) is 0 Å². The Kier molecular flexibility index (Phi) is 2.03. The third kappa shape index (κ3) is 1.32. The summed E-state index contributed by atoms with van der Waals surface area (Å²) in [6.45, 7) is 5.63. The lowest BCUT2D eigenvalue weighted by Gasteiger charge is -2.13. The number of nitrogens with zero attached hydrogens (tertiary/aromatic N) is 1. The van der Waals surface area contributed by atoms with E-state index in [9.17, 15) is 0 Å². The topological polar surface area (TPSA) is 3.24 Å². The van der Waals surface area contributed by atoms with E-state index in [2.05, 4.69) is 37.9 Å². The predicted molar refractivity (Wildman–Crippen MR) is 57.5 cm³/mol. The van der Waals surface area contributed by atoms with Crippen LogP contribution in [0, 0.1) is 6.92 Å². The van der Waals surface area contributed by atoms with Crippen LogP contribution in [-0.2, 0) is 12.8 Å². The minimum atomic E-state index is 1.16. The number of benzene rings is 1. The van der Waals surface area contributed by atoms with Crippen LogP contribution in [0.1, 0.15) is 23.6 Å². The molecule has 0 saturated heterocycles. The van der Waals surface area contributed by atoms with E-state index in [-0.39, 0.29) is 0 Å². The van der Waals surface area contributed by atoms with Crippen molar-refractivity contribution >= 4 is 5.69 Å². The van der Waals surface area contributed by atoms with Gasteiger partial charge in [0.25, 0.3) is 0 Å². The van der Waals surface area contributed by atoms with Gasteiger partial charge in [-0.05, 0) is 42.5 Å². The van der Waals surface area contributed by atoms with Gasteiger partial charge in [-0.15, -0.1) is 0 Å². The molecule has 1 aliphatic rings. The van der Waals surface area contributed by atoms with E-state index in [0.29, 0.717) is 0 Å². The molecule has 1 aromatic rings. The lowest BCUT2D eigenvalue weighted by molar-refractivity contribution is 0.955. The zero-order chi connectivity index (χ0) is 9.42. The summed E-state index contributed by atoms with van der Waals surface area (Å²) < 4.78 is 0. The van der Waals surface area contributed by atoms with Gasteiger partial charge in [-0.1, -0.05) is 13.0 Å². The highest BCUT2D eigenvalue weighted by molar-refractivity contribution is 5.60. The Balaban J connectivity index is 2.50. The zero-order valence-electron chi connectivity index (χ0n) is 8.72. The van der Waals surface area contributed by atoms with Gasteiger partial charge >= 0.3 is 0 Å². The minimum Gasteiger partial charge on any atom is -0.374 e. The van der Waals surface area contributed by atoms with Gasteiger partial charge < -0.3 is 4.90 Å². The molecule has 0 unspecified atom stereocenters. The Morgan fingerprint density at radius 1 is 1.38 bits per heavy atom. The maximum atomic E-state index is 2.38. The van der Waals surface area contributed by atoms with Crippen molar-refractivity contribution in [2.24, 2.45) is 0 Å². The maximum Gasteiger partial charge on any atom is 0.0399 e. The van der Waals surface area contributed by atoms with Gasteiger partial charge in [0.15, 0.2) is 0 Å². The smallest absolute Gasteiger partial charge is 0.0399 e. The van der Waals surface area contributed by atoms with E-state index in [1.165, 1.54) is 35.3 Å². The molecule has 0 aliphatic carbocycles. The molecule has 0 fully saturated rings. The van der Waals surface area contributed by atoms with Crippen LogP contribution in [-0.4, -0.2) is 13.6 Å². The highest BCUT2D eigenvalue weighted by Gasteiger charge is 2.16. The van der Waals surface area contributed by atoms with Gasteiger partial charge in [0, 0.05) is 19.3 Å². The SMILES string of the molecule is CCc1cc2c(cc1C)N(C)CC2. The maximum absolute atomic E-state index is 2.38. The Bertz CT molecular complexity index is 328. The zero-order valence-corrected chi connectivity index (χ0v) is 8.72. The number of fused-ring (bicyclic) bond motifs is 1. The molecule has 1 aromatic carbocycles. The van der Waals surface area contributed by atoms with Crippen LogP contribution in [0.4, 0.5) is 5.69 Å². The summed E-state index contributed by atoms with van der Waals surface area (Å²) in [6.07, 6.45) is 2.38. The third-order valence-corrected chi connectivity index (χ3v) is 3.05. The molecule has 0 aromatic heterocycles. The number of anilines is 1. The van der Waals surface area contributed by atoms with Crippen LogP contribution < -0.4 is 4.90 Å².